The van der Waals surface area contributed by atoms with Crippen LogP contribution in [0.4, 0.5) is 0 Å². The molecule has 170 valence electrons. The van der Waals surface area contributed by atoms with Gasteiger partial charge >= 0.3 is 0 Å². The zero-order valence-corrected chi connectivity index (χ0v) is 19.7. The summed E-state index contributed by atoms with van der Waals surface area (Å²) in [5, 5.41) is 0. The Bertz CT molecular complexity index is 1290. The van der Waals surface area contributed by atoms with Crippen molar-refractivity contribution in [3.8, 4) is 16.9 Å². The van der Waals surface area contributed by atoms with Crippen LogP contribution >= 0.6 is 0 Å². The second-order valence-electron chi connectivity index (χ2n) is 8.99. The Morgan fingerprint density at radius 3 is 2.29 bits per heavy atom. The van der Waals surface area contributed by atoms with E-state index in [0.717, 1.165) is 35.3 Å². The van der Waals surface area contributed by atoms with Gasteiger partial charge in [0.25, 0.3) is 5.91 Å². The van der Waals surface area contributed by atoms with Gasteiger partial charge in [-0.05, 0) is 71.3 Å². The van der Waals surface area contributed by atoms with Crippen LogP contribution in [0.25, 0.3) is 11.1 Å². The van der Waals surface area contributed by atoms with Crippen molar-refractivity contribution in [3.05, 3.63) is 125 Å². The summed E-state index contributed by atoms with van der Waals surface area (Å²) in [5.74, 6) is 0.922. The first-order chi connectivity index (χ1) is 16.6. The SMILES string of the molecule is COc1ccc(CC(C)N(Cc2ccccc2)C(=O)c2cccc3c2-c2ccccc2C3)cc1. The Kier molecular flexibility index (Phi) is 6.18. The van der Waals surface area contributed by atoms with Gasteiger partial charge in [-0.2, -0.15) is 0 Å². The second-order valence-corrected chi connectivity index (χ2v) is 8.99. The fourth-order valence-corrected chi connectivity index (χ4v) is 4.94. The van der Waals surface area contributed by atoms with Gasteiger partial charge < -0.3 is 9.64 Å². The Balaban J connectivity index is 1.50. The molecule has 3 heteroatoms. The molecule has 0 aromatic heterocycles. The average Bonchev–Trinajstić information content (AvgIpc) is 3.27. The molecule has 0 aliphatic heterocycles. The van der Waals surface area contributed by atoms with Crippen LogP contribution in [0, 0.1) is 0 Å². The molecule has 34 heavy (non-hydrogen) atoms. The monoisotopic (exact) mass is 447 g/mol. The maximum Gasteiger partial charge on any atom is 0.255 e. The van der Waals surface area contributed by atoms with Gasteiger partial charge in [0.1, 0.15) is 5.75 Å². The fourth-order valence-electron chi connectivity index (χ4n) is 4.94. The molecule has 1 aliphatic rings. The van der Waals surface area contributed by atoms with Crippen LogP contribution in [0.3, 0.4) is 0 Å². The van der Waals surface area contributed by atoms with Gasteiger partial charge in [0.05, 0.1) is 7.11 Å². The average molecular weight is 448 g/mol. The van der Waals surface area contributed by atoms with Crippen molar-refractivity contribution in [2.24, 2.45) is 0 Å². The predicted octanol–water partition coefficient (Wildman–Crippen LogP) is 6.54. The quantitative estimate of drug-likeness (QED) is 0.283. The van der Waals surface area contributed by atoms with E-state index in [1.807, 2.05) is 47.4 Å². The minimum absolute atomic E-state index is 0.0219. The van der Waals surface area contributed by atoms with E-state index < -0.39 is 0 Å². The van der Waals surface area contributed by atoms with Crippen LogP contribution in [-0.4, -0.2) is 24.0 Å². The lowest BCUT2D eigenvalue weighted by atomic mass is 9.97. The standard InChI is InChI=1S/C31H29NO2/c1-22(19-23-15-17-27(34-2)18-16-23)32(21-24-9-4-3-5-10-24)31(33)29-14-8-12-26-20-25-11-6-7-13-28(25)30(26)29/h3-18,22H,19-21H2,1-2H3. The summed E-state index contributed by atoms with van der Waals surface area (Å²) in [6.07, 6.45) is 1.65. The first-order valence-corrected chi connectivity index (χ1v) is 11.8. The predicted molar refractivity (Wildman–Crippen MR) is 137 cm³/mol. The number of carbonyl (C=O) groups excluding carboxylic acids is 1. The number of carbonyl (C=O) groups is 1. The Morgan fingerprint density at radius 2 is 1.53 bits per heavy atom. The fraction of sp³-hybridized carbons (Fsp3) is 0.194. The molecule has 0 spiro atoms. The first-order valence-electron chi connectivity index (χ1n) is 11.8. The van der Waals surface area contributed by atoms with E-state index in [1.54, 1.807) is 7.11 Å². The van der Waals surface area contributed by atoms with E-state index in [1.165, 1.54) is 22.3 Å². The smallest absolute Gasteiger partial charge is 0.255 e. The maximum atomic E-state index is 14.2. The minimum atomic E-state index is 0.0219. The molecule has 0 saturated heterocycles. The van der Waals surface area contributed by atoms with Gasteiger partial charge in [0, 0.05) is 18.2 Å². The molecule has 1 amide bonds. The maximum absolute atomic E-state index is 14.2. The van der Waals surface area contributed by atoms with Crippen LogP contribution in [0.2, 0.25) is 0 Å². The van der Waals surface area contributed by atoms with Gasteiger partial charge in [-0.3, -0.25) is 4.79 Å². The summed E-state index contributed by atoms with van der Waals surface area (Å²) < 4.78 is 5.30. The number of hydrogen-bond acceptors (Lipinski definition) is 2. The van der Waals surface area contributed by atoms with E-state index in [2.05, 4.69) is 61.5 Å². The minimum Gasteiger partial charge on any atom is -0.497 e. The van der Waals surface area contributed by atoms with Crippen molar-refractivity contribution < 1.29 is 9.53 Å². The van der Waals surface area contributed by atoms with Crippen molar-refractivity contribution in [2.45, 2.75) is 32.4 Å². The van der Waals surface area contributed by atoms with Gasteiger partial charge in [-0.1, -0.05) is 78.9 Å². The largest absolute Gasteiger partial charge is 0.497 e. The molecule has 0 radical (unpaired) electrons. The molecular formula is C31H29NO2. The summed E-state index contributed by atoms with van der Waals surface area (Å²) >= 11 is 0. The number of amides is 1. The Morgan fingerprint density at radius 1 is 0.824 bits per heavy atom. The highest BCUT2D eigenvalue weighted by atomic mass is 16.5. The first kappa shape index (κ1) is 22.0. The normalized spacial score (nSPS) is 12.5. The van der Waals surface area contributed by atoms with Crippen molar-refractivity contribution >= 4 is 5.91 Å². The molecule has 5 rings (SSSR count). The van der Waals surface area contributed by atoms with E-state index >= 15 is 0 Å². The number of methoxy groups -OCH3 is 1. The third kappa shape index (κ3) is 4.34. The van der Waals surface area contributed by atoms with Crippen molar-refractivity contribution in [3.63, 3.8) is 0 Å². The van der Waals surface area contributed by atoms with E-state index in [9.17, 15) is 4.79 Å². The van der Waals surface area contributed by atoms with E-state index in [-0.39, 0.29) is 11.9 Å². The highest BCUT2D eigenvalue weighted by Crippen LogP contribution is 2.39. The summed E-state index contributed by atoms with van der Waals surface area (Å²) in [5.41, 5.74) is 7.91. The van der Waals surface area contributed by atoms with Crippen molar-refractivity contribution in [1.82, 2.24) is 4.90 Å². The molecule has 0 N–H and O–H groups in total. The summed E-state index contributed by atoms with van der Waals surface area (Å²) in [7, 11) is 1.67. The number of nitrogens with zero attached hydrogens (tertiary/aromatic N) is 1. The summed E-state index contributed by atoms with van der Waals surface area (Å²) in [4.78, 5) is 16.2. The number of ether oxygens (including phenoxy) is 1. The van der Waals surface area contributed by atoms with Crippen LogP contribution in [0.15, 0.2) is 97.1 Å². The molecule has 1 unspecified atom stereocenters. The molecular weight excluding hydrogens is 418 g/mol. The highest BCUT2D eigenvalue weighted by Gasteiger charge is 2.28. The third-order valence-corrected chi connectivity index (χ3v) is 6.73. The number of hydrogen-bond donors (Lipinski definition) is 0. The third-order valence-electron chi connectivity index (χ3n) is 6.73. The lowest BCUT2D eigenvalue weighted by Crippen LogP contribution is -2.39. The molecule has 0 fully saturated rings. The van der Waals surface area contributed by atoms with Crippen molar-refractivity contribution in [2.75, 3.05) is 7.11 Å². The molecule has 0 heterocycles. The van der Waals surface area contributed by atoms with Crippen LogP contribution < -0.4 is 4.74 Å². The zero-order valence-electron chi connectivity index (χ0n) is 19.7. The lowest BCUT2D eigenvalue weighted by Gasteiger charge is -2.30. The van der Waals surface area contributed by atoms with Gasteiger partial charge in [-0.15, -0.1) is 0 Å². The van der Waals surface area contributed by atoms with Crippen LogP contribution in [0.1, 0.15) is 39.5 Å². The molecule has 1 aliphatic carbocycles. The summed E-state index contributed by atoms with van der Waals surface area (Å²) in [6, 6.07) is 33.0. The lowest BCUT2D eigenvalue weighted by molar-refractivity contribution is 0.0676. The molecule has 4 aromatic rings. The van der Waals surface area contributed by atoms with E-state index in [4.69, 9.17) is 4.74 Å². The number of rotatable bonds is 7. The summed E-state index contributed by atoms with van der Waals surface area (Å²) in [6.45, 7) is 2.71. The molecule has 0 saturated carbocycles. The molecule has 4 aromatic carbocycles. The number of fused-ring (bicyclic) bond motifs is 3. The van der Waals surface area contributed by atoms with Crippen molar-refractivity contribution in [1.29, 1.82) is 0 Å². The second kappa shape index (κ2) is 9.56. The molecule has 3 nitrogen and oxygen atoms in total. The number of benzene rings is 4. The topological polar surface area (TPSA) is 29.5 Å². The Labute approximate surface area is 201 Å². The molecule has 1 atom stereocenters. The van der Waals surface area contributed by atoms with Gasteiger partial charge in [0.2, 0.25) is 0 Å². The zero-order chi connectivity index (χ0) is 23.5. The van der Waals surface area contributed by atoms with Gasteiger partial charge in [-0.25, -0.2) is 0 Å². The highest BCUT2D eigenvalue weighted by molar-refractivity contribution is 6.03. The van der Waals surface area contributed by atoms with E-state index in [0.29, 0.717) is 6.54 Å². The van der Waals surface area contributed by atoms with Gasteiger partial charge in [0.15, 0.2) is 0 Å². The van der Waals surface area contributed by atoms with Crippen LogP contribution in [0.5, 0.6) is 5.75 Å². The van der Waals surface area contributed by atoms with Crippen LogP contribution in [-0.2, 0) is 19.4 Å². The Hall–Kier alpha value is -3.85. The molecule has 0 bridgehead atoms.